The Morgan fingerprint density at radius 3 is 2.44 bits per heavy atom. The van der Waals surface area contributed by atoms with Gasteiger partial charge in [0.15, 0.2) is 0 Å². The molecule has 1 aliphatic heterocycles. The summed E-state index contributed by atoms with van der Waals surface area (Å²) in [6.45, 7) is 5.91. The summed E-state index contributed by atoms with van der Waals surface area (Å²) in [5.41, 5.74) is 2.30. The van der Waals surface area contributed by atoms with Crippen LogP contribution in [-0.2, 0) is 0 Å². The summed E-state index contributed by atoms with van der Waals surface area (Å²) in [6, 6.07) is 8.27. The van der Waals surface area contributed by atoms with Crippen LogP contribution >= 0.6 is 0 Å². The summed E-state index contributed by atoms with van der Waals surface area (Å²) in [4.78, 5) is 15.6. The van der Waals surface area contributed by atoms with Crippen LogP contribution in [0.3, 0.4) is 0 Å². The first-order valence-corrected chi connectivity index (χ1v) is 5.73. The largest absolute Gasteiger partial charge is 0.326 e. The lowest BCUT2D eigenvalue weighted by Gasteiger charge is -2.21. The van der Waals surface area contributed by atoms with Crippen LogP contribution in [0.25, 0.3) is 0 Å². The molecular weight excluding hydrogens is 200 g/mol. The molecule has 0 N–H and O–H groups in total. The van der Waals surface area contributed by atoms with Crippen LogP contribution < -0.4 is 4.90 Å². The predicted octanol–water partition coefficient (Wildman–Crippen LogP) is 2.68. The molecule has 1 aliphatic rings. The molecule has 1 fully saturated rings. The molecule has 1 aromatic rings. The van der Waals surface area contributed by atoms with Gasteiger partial charge in [0.2, 0.25) is 0 Å². The van der Waals surface area contributed by atoms with Crippen molar-refractivity contribution in [1.82, 2.24) is 4.90 Å². The standard InChI is InChI=1S/C13H18N2O/c1-10(2)11-6-4-5-7-12(11)15-9-8-14(3)13(15)16/h4-7,10H,8-9H2,1-3H3. The van der Waals surface area contributed by atoms with Gasteiger partial charge in [-0.25, -0.2) is 4.79 Å². The van der Waals surface area contributed by atoms with Gasteiger partial charge in [-0.05, 0) is 17.5 Å². The highest BCUT2D eigenvalue weighted by Gasteiger charge is 2.28. The third-order valence-electron chi connectivity index (χ3n) is 3.07. The maximum atomic E-state index is 11.9. The Hall–Kier alpha value is -1.51. The maximum absolute atomic E-state index is 11.9. The number of nitrogens with zero attached hydrogens (tertiary/aromatic N) is 2. The summed E-state index contributed by atoms with van der Waals surface area (Å²) in [5, 5.41) is 0. The van der Waals surface area contributed by atoms with Gasteiger partial charge in [0.1, 0.15) is 0 Å². The lowest BCUT2D eigenvalue weighted by atomic mass is 10.0. The molecule has 1 aromatic carbocycles. The smallest absolute Gasteiger partial charge is 0.324 e. The van der Waals surface area contributed by atoms with E-state index in [0.29, 0.717) is 5.92 Å². The van der Waals surface area contributed by atoms with Crippen molar-refractivity contribution in [2.24, 2.45) is 0 Å². The predicted molar refractivity (Wildman–Crippen MR) is 65.9 cm³/mol. The van der Waals surface area contributed by atoms with E-state index < -0.39 is 0 Å². The Balaban J connectivity index is 2.37. The van der Waals surface area contributed by atoms with E-state index in [4.69, 9.17) is 0 Å². The first kappa shape index (κ1) is 11.0. The molecule has 3 nitrogen and oxygen atoms in total. The van der Waals surface area contributed by atoms with Gasteiger partial charge >= 0.3 is 6.03 Å². The zero-order valence-electron chi connectivity index (χ0n) is 10.1. The normalized spacial score (nSPS) is 16.4. The molecule has 3 heteroatoms. The number of rotatable bonds is 2. The fourth-order valence-electron chi connectivity index (χ4n) is 2.09. The van der Waals surface area contributed by atoms with Gasteiger partial charge in [0, 0.05) is 25.8 Å². The Morgan fingerprint density at radius 1 is 1.19 bits per heavy atom. The summed E-state index contributed by atoms with van der Waals surface area (Å²) in [6.07, 6.45) is 0. The molecule has 2 amide bonds. The van der Waals surface area contributed by atoms with Crippen molar-refractivity contribution in [3.63, 3.8) is 0 Å². The first-order chi connectivity index (χ1) is 7.61. The van der Waals surface area contributed by atoms with Gasteiger partial charge in [-0.15, -0.1) is 0 Å². The minimum absolute atomic E-state index is 0.105. The molecule has 0 aliphatic carbocycles. The van der Waals surface area contributed by atoms with Gasteiger partial charge in [-0.3, -0.25) is 4.90 Å². The maximum Gasteiger partial charge on any atom is 0.324 e. The van der Waals surface area contributed by atoms with E-state index in [1.165, 1.54) is 5.56 Å². The molecule has 0 radical (unpaired) electrons. The SMILES string of the molecule is CC(C)c1ccccc1N1CCN(C)C1=O. The number of hydrogen-bond donors (Lipinski definition) is 0. The van der Waals surface area contributed by atoms with Crippen molar-refractivity contribution in [2.45, 2.75) is 19.8 Å². The number of carbonyl (C=O) groups is 1. The van der Waals surface area contributed by atoms with Crippen molar-refractivity contribution in [2.75, 3.05) is 25.0 Å². The number of carbonyl (C=O) groups excluding carboxylic acids is 1. The summed E-state index contributed by atoms with van der Waals surface area (Å²) in [5.74, 6) is 0.440. The molecule has 0 spiro atoms. The lowest BCUT2D eigenvalue weighted by molar-refractivity contribution is 0.229. The summed E-state index contributed by atoms with van der Waals surface area (Å²) >= 11 is 0. The molecule has 2 rings (SSSR count). The quantitative estimate of drug-likeness (QED) is 0.748. The van der Waals surface area contributed by atoms with Crippen molar-refractivity contribution < 1.29 is 4.79 Å². The Morgan fingerprint density at radius 2 is 1.88 bits per heavy atom. The van der Waals surface area contributed by atoms with Crippen LogP contribution in [0.2, 0.25) is 0 Å². The fraction of sp³-hybridized carbons (Fsp3) is 0.462. The molecule has 1 heterocycles. The van der Waals surface area contributed by atoms with E-state index in [2.05, 4.69) is 19.9 Å². The van der Waals surface area contributed by atoms with Gasteiger partial charge in [-0.1, -0.05) is 32.0 Å². The molecule has 86 valence electrons. The van der Waals surface area contributed by atoms with Crippen molar-refractivity contribution >= 4 is 11.7 Å². The Kier molecular flexibility index (Phi) is 2.86. The number of amides is 2. The summed E-state index contributed by atoms with van der Waals surface area (Å²) in [7, 11) is 1.85. The number of benzene rings is 1. The highest BCUT2D eigenvalue weighted by Crippen LogP contribution is 2.29. The van der Waals surface area contributed by atoms with E-state index >= 15 is 0 Å². The molecule has 0 unspecified atom stereocenters. The molecule has 0 atom stereocenters. The molecule has 1 saturated heterocycles. The molecule has 0 saturated carbocycles. The van der Waals surface area contributed by atoms with Crippen LogP contribution in [0.4, 0.5) is 10.5 Å². The second-order valence-corrected chi connectivity index (χ2v) is 4.57. The number of hydrogen-bond acceptors (Lipinski definition) is 1. The third kappa shape index (κ3) is 1.77. The van der Waals surface area contributed by atoms with Gasteiger partial charge in [-0.2, -0.15) is 0 Å². The number of urea groups is 1. The Bertz CT molecular complexity index is 401. The molecule has 16 heavy (non-hydrogen) atoms. The minimum atomic E-state index is 0.105. The molecule has 0 bridgehead atoms. The first-order valence-electron chi connectivity index (χ1n) is 5.73. The second-order valence-electron chi connectivity index (χ2n) is 4.57. The topological polar surface area (TPSA) is 23.6 Å². The van der Waals surface area contributed by atoms with Crippen LogP contribution in [0, 0.1) is 0 Å². The number of anilines is 1. The van der Waals surface area contributed by atoms with Crippen molar-refractivity contribution in [3.05, 3.63) is 29.8 Å². The van der Waals surface area contributed by atoms with E-state index in [1.54, 1.807) is 4.90 Å². The van der Waals surface area contributed by atoms with E-state index in [0.717, 1.165) is 18.8 Å². The highest BCUT2D eigenvalue weighted by atomic mass is 16.2. The van der Waals surface area contributed by atoms with Crippen molar-refractivity contribution in [3.8, 4) is 0 Å². The average Bonchev–Trinajstić information content (AvgIpc) is 2.60. The fourth-order valence-corrected chi connectivity index (χ4v) is 2.09. The second kappa shape index (κ2) is 4.16. The minimum Gasteiger partial charge on any atom is -0.326 e. The van der Waals surface area contributed by atoms with Crippen molar-refractivity contribution in [1.29, 1.82) is 0 Å². The molecule has 0 aromatic heterocycles. The van der Waals surface area contributed by atoms with Crippen LogP contribution in [0.1, 0.15) is 25.3 Å². The lowest BCUT2D eigenvalue weighted by Crippen LogP contribution is -2.30. The van der Waals surface area contributed by atoms with Crippen LogP contribution in [-0.4, -0.2) is 31.1 Å². The number of para-hydroxylation sites is 1. The van der Waals surface area contributed by atoms with Crippen LogP contribution in [0.15, 0.2) is 24.3 Å². The third-order valence-corrected chi connectivity index (χ3v) is 3.07. The van der Waals surface area contributed by atoms with Crippen LogP contribution in [0.5, 0.6) is 0 Å². The van der Waals surface area contributed by atoms with Gasteiger partial charge < -0.3 is 4.90 Å². The van der Waals surface area contributed by atoms with E-state index in [1.807, 2.05) is 30.1 Å². The average molecular weight is 218 g/mol. The zero-order valence-corrected chi connectivity index (χ0v) is 10.1. The van der Waals surface area contributed by atoms with Gasteiger partial charge in [0.25, 0.3) is 0 Å². The van der Waals surface area contributed by atoms with E-state index in [9.17, 15) is 4.79 Å². The number of likely N-dealkylation sites (N-methyl/N-ethyl adjacent to an activating group) is 1. The molecular formula is C13H18N2O. The zero-order chi connectivity index (χ0) is 11.7. The highest BCUT2D eigenvalue weighted by molar-refractivity contribution is 5.94. The van der Waals surface area contributed by atoms with E-state index in [-0.39, 0.29) is 6.03 Å². The summed E-state index contributed by atoms with van der Waals surface area (Å²) < 4.78 is 0. The Labute approximate surface area is 96.7 Å². The monoisotopic (exact) mass is 218 g/mol. The van der Waals surface area contributed by atoms with Gasteiger partial charge in [0.05, 0.1) is 0 Å².